The zero-order chi connectivity index (χ0) is 14.8. The Labute approximate surface area is 122 Å². The molecule has 1 aromatic heterocycles. The number of likely N-dealkylation sites (tertiary alicyclic amines) is 1. The molecule has 0 bridgehead atoms. The fourth-order valence-corrected chi connectivity index (χ4v) is 2.93. The van der Waals surface area contributed by atoms with Crippen molar-refractivity contribution in [3.05, 3.63) is 16.1 Å². The van der Waals surface area contributed by atoms with Crippen molar-refractivity contribution in [2.45, 2.75) is 45.1 Å². The SMILES string of the molecule is CC(C)(C)OC(=O)N1CCC(c2csc(C=O)n2)CC1. The van der Waals surface area contributed by atoms with Gasteiger partial charge in [0.05, 0.1) is 5.69 Å². The monoisotopic (exact) mass is 296 g/mol. The van der Waals surface area contributed by atoms with Crippen LogP contribution in [0.25, 0.3) is 0 Å². The van der Waals surface area contributed by atoms with E-state index in [4.69, 9.17) is 4.74 Å². The first-order valence-electron chi connectivity index (χ1n) is 6.77. The summed E-state index contributed by atoms with van der Waals surface area (Å²) in [7, 11) is 0. The summed E-state index contributed by atoms with van der Waals surface area (Å²) < 4.78 is 5.37. The van der Waals surface area contributed by atoms with E-state index in [2.05, 4.69) is 4.98 Å². The molecule has 1 aliphatic rings. The number of amides is 1. The van der Waals surface area contributed by atoms with Gasteiger partial charge in [0.2, 0.25) is 0 Å². The highest BCUT2D eigenvalue weighted by Crippen LogP contribution is 2.29. The van der Waals surface area contributed by atoms with Crippen LogP contribution in [-0.2, 0) is 4.74 Å². The molecule has 1 aromatic rings. The van der Waals surface area contributed by atoms with E-state index < -0.39 is 5.60 Å². The summed E-state index contributed by atoms with van der Waals surface area (Å²) in [5.41, 5.74) is 0.516. The zero-order valence-corrected chi connectivity index (χ0v) is 12.9. The number of rotatable bonds is 2. The minimum Gasteiger partial charge on any atom is -0.444 e. The first kappa shape index (κ1) is 15.0. The van der Waals surface area contributed by atoms with Gasteiger partial charge in [-0.2, -0.15) is 0 Å². The molecule has 1 fully saturated rings. The van der Waals surface area contributed by atoms with Gasteiger partial charge in [0.25, 0.3) is 0 Å². The quantitative estimate of drug-likeness (QED) is 0.787. The lowest BCUT2D eigenvalue weighted by Gasteiger charge is -2.32. The van der Waals surface area contributed by atoms with Gasteiger partial charge in [-0.05, 0) is 33.6 Å². The van der Waals surface area contributed by atoms with Crippen LogP contribution in [0.4, 0.5) is 4.79 Å². The first-order valence-corrected chi connectivity index (χ1v) is 7.65. The maximum Gasteiger partial charge on any atom is 0.410 e. The molecule has 110 valence electrons. The van der Waals surface area contributed by atoms with Gasteiger partial charge in [0.15, 0.2) is 11.3 Å². The average Bonchev–Trinajstić information content (AvgIpc) is 2.85. The van der Waals surface area contributed by atoms with Gasteiger partial charge in [-0.1, -0.05) is 0 Å². The highest BCUT2D eigenvalue weighted by Gasteiger charge is 2.28. The normalized spacial score (nSPS) is 17.1. The number of ether oxygens (including phenoxy) is 1. The molecule has 0 atom stereocenters. The molecule has 0 radical (unpaired) electrons. The van der Waals surface area contributed by atoms with E-state index in [0.717, 1.165) is 24.8 Å². The topological polar surface area (TPSA) is 59.5 Å². The number of carbonyl (C=O) groups is 2. The Morgan fingerprint density at radius 3 is 2.60 bits per heavy atom. The van der Waals surface area contributed by atoms with Crippen molar-refractivity contribution in [3.8, 4) is 0 Å². The molecule has 0 N–H and O–H groups in total. The van der Waals surface area contributed by atoms with Crippen molar-refractivity contribution in [1.82, 2.24) is 9.88 Å². The highest BCUT2D eigenvalue weighted by atomic mass is 32.1. The van der Waals surface area contributed by atoms with E-state index in [1.807, 2.05) is 26.2 Å². The summed E-state index contributed by atoms with van der Waals surface area (Å²) in [5, 5.41) is 2.46. The number of thiazole rings is 1. The van der Waals surface area contributed by atoms with Gasteiger partial charge < -0.3 is 9.64 Å². The first-order chi connectivity index (χ1) is 9.39. The predicted octanol–water partition coefficient (Wildman–Crippen LogP) is 3.07. The molecule has 20 heavy (non-hydrogen) atoms. The van der Waals surface area contributed by atoms with Crippen molar-refractivity contribution >= 4 is 23.7 Å². The molecule has 0 aromatic carbocycles. The van der Waals surface area contributed by atoms with E-state index in [9.17, 15) is 9.59 Å². The Kier molecular flexibility index (Phi) is 4.42. The Hall–Kier alpha value is -1.43. The highest BCUT2D eigenvalue weighted by molar-refractivity contribution is 7.11. The molecule has 2 rings (SSSR count). The van der Waals surface area contributed by atoms with Crippen molar-refractivity contribution < 1.29 is 14.3 Å². The Morgan fingerprint density at radius 1 is 1.45 bits per heavy atom. The molecule has 1 aliphatic heterocycles. The number of hydrogen-bond acceptors (Lipinski definition) is 5. The van der Waals surface area contributed by atoms with Crippen LogP contribution < -0.4 is 0 Å². The zero-order valence-electron chi connectivity index (χ0n) is 12.1. The standard InChI is InChI=1S/C14H20N2O3S/c1-14(2,3)19-13(18)16-6-4-10(5-7-16)11-9-20-12(8-17)15-11/h8-10H,4-7H2,1-3H3. The van der Waals surface area contributed by atoms with Crippen molar-refractivity contribution in [2.24, 2.45) is 0 Å². The van der Waals surface area contributed by atoms with Crippen molar-refractivity contribution in [1.29, 1.82) is 0 Å². The van der Waals surface area contributed by atoms with Gasteiger partial charge in [-0.25, -0.2) is 9.78 Å². The van der Waals surface area contributed by atoms with Gasteiger partial charge in [0.1, 0.15) is 5.60 Å². The van der Waals surface area contributed by atoms with E-state index in [1.54, 1.807) is 4.90 Å². The van der Waals surface area contributed by atoms with Gasteiger partial charge in [0, 0.05) is 24.4 Å². The van der Waals surface area contributed by atoms with Crippen molar-refractivity contribution in [3.63, 3.8) is 0 Å². The number of hydrogen-bond donors (Lipinski definition) is 0. The second kappa shape index (κ2) is 5.91. The summed E-state index contributed by atoms with van der Waals surface area (Å²) in [5.74, 6) is 0.332. The summed E-state index contributed by atoms with van der Waals surface area (Å²) in [4.78, 5) is 28.6. The third-order valence-electron chi connectivity index (χ3n) is 3.21. The van der Waals surface area contributed by atoms with E-state index in [-0.39, 0.29) is 6.09 Å². The van der Waals surface area contributed by atoms with Crippen LogP contribution >= 0.6 is 11.3 Å². The molecule has 1 saturated heterocycles. The average molecular weight is 296 g/mol. The predicted molar refractivity (Wildman–Crippen MR) is 77.3 cm³/mol. The minimum atomic E-state index is -0.457. The Bertz CT molecular complexity index is 485. The summed E-state index contributed by atoms with van der Waals surface area (Å²) >= 11 is 1.37. The van der Waals surface area contributed by atoms with E-state index >= 15 is 0 Å². The van der Waals surface area contributed by atoms with Crippen LogP contribution in [0, 0.1) is 0 Å². The lowest BCUT2D eigenvalue weighted by molar-refractivity contribution is 0.0204. The van der Waals surface area contributed by atoms with Crippen LogP contribution in [0.5, 0.6) is 0 Å². The second-order valence-electron chi connectivity index (χ2n) is 5.97. The molecular weight excluding hydrogens is 276 g/mol. The summed E-state index contributed by atoms with van der Waals surface area (Å²) in [6.07, 6.45) is 2.26. The van der Waals surface area contributed by atoms with Gasteiger partial charge in [-0.3, -0.25) is 4.79 Å². The maximum atomic E-state index is 12.0. The molecule has 0 unspecified atom stereocenters. The number of nitrogens with zero attached hydrogens (tertiary/aromatic N) is 2. The number of aldehydes is 1. The lowest BCUT2D eigenvalue weighted by atomic mass is 9.94. The molecule has 1 amide bonds. The third-order valence-corrected chi connectivity index (χ3v) is 3.99. The molecule has 0 saturated carbocycles. The second-order valence-corrected chi connectivity index (χ2v) is 6.86. The molecule has 6 heteroatoms. The van der Waals surface area contributed by atoms with Crippen molar-refractivity contribution in [2.75, 3.05) is 13.1 Å². The number of carbonyl (C=O) groups excluding carboxylic acids is 2. The molecule has 0 spiro atoms. The van der Waals surface area contributed by atoms with Crippen LogP contribution in [0.15, 0.2) is 5.38 Å². The van der Waals surface area contributed by atoms with Crippen LogP contribution in [0.3, 0.4) is 0 Å². The Morgan fingerprint density at radius 2 is 2.10 bits per heavy atom. The number of piperidine rings is 1. The summed E-state index contributed by atoms with van der Waals surface area (Å²) in [6, 6.07) is 0. The lowest BCUT2D eigenvalue weighted by Crippen LogP contribution is -2.41. The van der Waals surface area contributed by atoms with Crippen LogP contribution in [-0.4, -0.2) is 41.0 Å². The molecule has 2 heterocycles. The fraction of sp³-hybridized carbons (Fsp3) is 0.643. The summed E-state index contributed by atoms with van der Waals surface area (Å²) in [6.45, 7) is 6.96. The molecule has 0 aliphatic carbocycles. The maximum absolute atomic E-state index is 12.0. The largest absolute Gasteiger partial charge is 0.444 e. The van der Waals surface area contributed by atoms with E-state index in [1.165, 1.54) is 11.3 Å². The molecule has 5 nitrogen and oxygen atoms in total. The van der Waals surface area contributed by atoms with E-state index in [0.29, 0.717) is 24.0 Å². The Balaban J connectivity index is 1.89. The van der Waals surface area contributed by atoms with Crippen LogP contribution in [0.1, 0.15) is 55.0 Å². The minimum absolute atomic E-state index is 0.247. The number of aromatic nitrogens is 1. The van der Waals surface area contributed by atoms with Gasteiger partial charge in [-0.15, -0.1) is 11.3 Å². The third kappa shape index (κ3) is 3.79. The molecular formula is C14H20N2O3S. The fourth-order valence-electron chi connectivity index (χ4n) is 2.23. The smallest absolute Gasteiger partial charge is 0.410 e. The van der Waals surface area contributed by atoms with Crippen LogP contribution in [0.2, 0.25) is 0 Å². The van der Waals surface area contributed by atoms with Gasteiger partial charge >= 0.3 is 6.09 Å².